The SMILES string of the molecule is CN1CCCC(C(=O)N2CCSC(c3ccco3)CC2)C1. The van der Waals surface area contributed by atoms with E-state index in [2.05, 4.69) is 16.8 Å². The number of thioether (sulfide) groups is 1. The van der Waals surface area contributed by atoms with Crippen molar-refractivity contribution in [2.75, 3.05) is 39.0 Å². The van der Waals surface area contributed by atoms with E-state index in [9.17, 15) is 4.79 Å². The fourth-order valence-electron chi connectivity index (χ4n) is 3.32. The Kier molecular flexibility index (Phi) is 4.91. The summed E-state index contributed by atoms with van der Waals surface area (Å²) in [6.45, 7) is 3.78. The smallest absolute Gasteiger partial charge is 0.227 e. The van der Waals surface area contributed by atoms with Crippen molar-refractivity contribution in [2.24, 2.45) is 5.92 Å². The molecular formula is C16H24N2O2S. The van der Waals surface area contributed by atoms with Crippen LogP contribution in [0.15, 0.2) is 22.8 Å². The number of amides is 1. The van der Waals surface area contributed by atoms with Gasteiger partial charge in [-0.15, -0.1) is 11.8 Å². The average Bonchev–Trinajstić information content (AvgIpc) is 2.91. The van der Waals surface area contributed by atoms with Gasteiger partial charge in [-0.05, 0) is 45.0 Å². The van der Waals surface area contributed by atoms with Gasteiger partial charge >= 0.3 is 0 Å². The van der Waals surface area contributed by atoms with Crippen LogP contribution in [0.2, 0.25) is 0 Å². The highest BCUT2D eigenvalue weighted by Gasteiger charge is 2.30. The standard InChI is InChI=1S/C16H24N2O2S/c1-17-7-2-4-13(12-17)16(19)18-8-6-15(21-11-9-18)14-5-3-10-20-14/h3,5,10,13,15H,2,4,6-9,11-12H2,1H3. The van der Waals surface area contributed by atoms with Gasteiger partial charge in [0.25, 0.3) is 0 Å². The normalized spacial score (nSPS) is 28.3. The fraction of sp³-hybridized carbons (Fsp3) is 0.688. The topological polar surface area (TPSA) is 36.7 Å². The molecule has 116 valence electrons. The molecule has 21 heavy (non-hydrogen) atoms. The molecule has 3 rings (SSSR count). The molecule has 0 spiro atoms. The highest BCUT2D eigenvalue weighted by molar-refractivity contribution is 7.99. The second-order valence-corrected chi connectivity index (χ2v) is 7.40. The molecule has 0 bridgehead atoms. The van der Waals surface area contributed by atoms with Crippen LogP contribution in [0.4, 0.5) is 0 Å². The Morgan fingerprint density at radius 1 is 1.33 bits per heavy atom. The number of nitrogens with zero attached hydrogens (tertiary/aromatic N) is 2. The van der Waals surface area contributed by atoms with Gasteiger partial charge < -0.3 is 14.2 Å². The number of likely N-dealkylation sites (tertiary alicyclic amines) is 1. The van der Waals surface area contributed by atoms with Crippen molar-refractivity contribution < 1.29 is 9.21 Å². The largest absolute Gasteiger partial charge is 0.468 e. The highest BCUT2D eigenvalue weighted by atomic mass is 32.2. The van der Waals surface area contributed by atoms with E-state index in [4.69, 9.17) is 4.42 Å². The Morgan fingerprint density at radius 3 is 3.00 bits per heavy atom. The van der Waals surface area contributed by atoms with E-state index in [1.165, 1.54) is 0 Å². The van der Waals surface area contributed by atoms with Gasteiger partial charge in [0.2, 0.25) is 5.91 Å². The first-order valence-corrected chi connectivity index (χ1v) is 8.91. The summed E-state index contributed by atoms with van der Waals surface area (Å²) in [7, 11) is 2.12. The van der Waals surface area contributed by atoms with Crippen molar-refractivity contribution in [1.29, 1.82) is 0 Å². The lowest BCUT2D eigenvalue weighted by molar-refractivity contribution is -0.136. The van der Waals surface area contributed by atoms with Crippen LogP contribution in [0.25, 0.3) is 0 Å². The van der Waals surface area contributed by atoms with Crippen LogP contribution in [0.3, 0.4) is 0 Å². The zero-order chi connectivity index (χ0) is 14.7. The lowest BCUT2D eigenvalue weighted by Crippen LogP contribution is -2.44. The Bertz CT molecular complexity index is 463. The van der Waals surface area contributed by atoms with Crippen LogP contribution in [-0.2, 0) is 4.79 Å². The van der Waals surface area contributed by atoms with Crippen molar-refractivity contribution in [3.63, 3.8) is 0 Å². The highest BCUT2D eigenvalue weighted by Crippen LogP contribution is 2.35. The Labute approximate surface area is 130 Å². The van der Waals surface area contributed by atoms with E-state index < -0.39 is 0 Å². The third-order valence-electron chi connectivity index (χ3n) is 4.49. The molecule has 1 aromatic heterocycles. The van der Waals surface area contributed by atoms with Gasteiger partial charge in [0.15, 0.2) is 0 Å². The molecule has 2 aliphatic heterocycles. The summed E-state index contributed by atoms with van der Waals surface area (Å²) in [6.07, 6.45) is 4.92. The number of carbonyl (C=O) groups is 1. The van der Waals surface area contributed by atoms with E-state index in [1.54, 1.807) is 6.26 Å². The summed E-state index contributed by atoms with van der Waals surface area (Å²) in [5.41, 5.74) is 0. The Balaban J connectivity index is 1.58. The van der Waals surface area contributed by atoms with Gasteiger partial charge in [0.05, 0.1) is 17.4 Å². The summed E-state index contributed by atoms with van der Waals surface area (Å²) in [4.78, 5) is 17.1. The van der Waals surface area contributed by atoms with E-state index in [1.807, 2.05) is 23.9 Å². The molecular weight excluding hydrogens is 284 g/mol. The molecule has 2 atom stereocenters. The summed E-state index contributed by atoms with van der Waals surface area (Å²) < 4.78 is 5.52. The molecule has 2 fully saturated rings. The predicted octanol–water partition coefficient (Wildman–Crippen LogP) is 2.63. The van der Waals surface area contributed by atoms with Crippen LogP contribution in [-0.4, -0.2) is 54.7 Å². The molecule has 0 radical (unpaired) electrons. The van der Waals surface area contributed by atoms with Crippen molar-refractivity contribution in [1.82, 2.24) is 9.80 Å². The first-order valence-electron chi connectivity index (χ1n) is 7.86. The molecule has 2 unspecified atom stereocenters. The third kappa shape index (κ3) is 3.64. The Morgan fingerprint density at radius 2 is 2.24 bits per heavy atom. The first-order chi connectivity index (χ1) is 10.2. The van der Waals surface area contributed by atoms with Crippen molar-refractivity contribution in [3.05, 3.63) is 24.2 Å². The number of piperidine rings is 1. The van der Waals surface area contributed by atoms with Crippen LogP contribution in [0, 0.1) is 5.92 Å². The molecule has 1 aromatic rings. The summed E-state index contributed by atoms with van der Waals surface area (Å²) in [5, 5.41) is 0.395. The monoisotopic (exact) mass is 308 g/mol. The number of furan rings is 1. The summed E-state index contributed by atoms with van der Waals surface area (Å²) >= 11 is 1.91. The molecule has 5 heteroatoms. The zero-order valence-electron chi connectivity index (χ0n) is 12.7. The molecule has 0 N–H and O–H groups in total. The number of carbonyl (C=O) groups excluding carboxylic acids is 1. The van der Waals surface area contributed by atoms with Crippen LogP contribution in [0.1, 0.15) is 30.3 Å². The summed E-state index contributed by atoms with van der Waals surface area (Å²) in [6, 6.07) is 3.99. The molecule has 2 saturated heterocycles. The van der Waals surface area contributed by atoms with E-state index in [0.717, 1.165) is 57.0 Å². The van der Waals surface area contributed by atoms with Crippen molar-refractivity contribution >= 4 is 17.7 Å². The van der Waals surface area contributed by atoms with E-state index in [-0.39, 0.29) is 5.92 Å². The fourth-order valence-corrected chi connectivity index (χ4v) is 4.50. The number of hydrogen-bond donors (Lipinski definition) is 0. The molecule has 2 aliphatic rings. The summed E-state index contributed by atoms with van der Waals surface area (Å²) in [5.74, 6) is 2.61. The minimum Gasteiger partial charge on any atom is -0.468 e. The van der Waals surface area contributed by atoms with Gasteiger partial charge in [-0.2, -0.15) is 0 Å². The quantitative estimate of drug-likeness (QED) is 0.841. The molecule has 3 heterocycles. The van der Waals surface area contributed by atoms with Crippen LogP contribution in [0.5, 0.6) is 0 Å². The number of rotatable bonds is 2. The lowest BCUT2D eigenvalue weighted by atomic mass is 9.97. The molecule has 0 saturated carbocycles. The molecule has 1 amide bonds. The molecule has 0 aromatic carbocycles. The maximum absolute atomic E-state index is 12.7. The lowest BCUT2D eigenvalue weighted by Gasteiger charge is -2.32. The molecule has 0 aliphatic carbocycles. The van der Waals surface area contributed by atoms with Gasteiger partial charge in [0, 0.05) is 25.4 Å². The zero-order valence-corrected chi connectivity index (χ0v) is 13.5. The second kappa shape index (κ2) is 6.88. The van der Waals surface area contributed by atoms with Gasteiger partial charge in [-0.1, -0.05) is 0 Å². The Hall–Kier alpha value is -0.940. The first kappa shape index (κ1) is 15.0. The predicted molar refractivity (Wildman–Crippen MR) is 85.3 cm³/mol. The third-order valence-corrected chi connectivity index (χ3v) is 5.78. The van der Waals surface area contributed by atoms with Crippen LogP contribution >= 0.6 is 11.8 Å². The van der Waals surface area contributed by atoms with Crippen LogP contribution < -0.4 is 0 Å². The van der Waals surface area contributed by atoms with Crippen molar-refractivity contribution in [2.45, 2.75) is 24.5 Å². The van der Waals surface area contributed by atoms with Crippen molar-refractivity contribution in [3.8, 4) is 0 Å². The maximum atomic E-state index is 12.7. The van der Waals surface area contributed by atoms with Gasteiger partial charge in [0.1, 0.15) is 5.76 Å². The minimum absolute atomic E-state index is 0.203. The maximum Gasteiger partial charge on any atom is 0.227 e. The minimum atomic E-state index is 0.203. The molecule has 4 nitrogen and oxygen atoms in total. The average molecular weight is 308 g/mol. The number of hydrogen-bond acceptors (Lipinski definition) is 4. The van der Waals surface area contributed by atoms with E-state index >= 15 is 0 Å². The second-order valence-electron chi connectivity index (χ2n) is 6.09. The van der Waals surface area contributed by atoms with E-state index in [0.29, 0.717) is 11.2 Å². The van der Waals surface area contributed by atoms with Gasteiger partial charge in [-0.25, -0.2) is 0 Å². The van der Waals surface area contributed by atoms with Gasteiger partial charge in [-0.3, -0.25) is 4.79 Å².